The Morgan fingerprint density at radius 3 is 2.95 bits per heavy atom. The average Bonchev–Trinajstić information content (AvgIpc) is 3.18. The van der Waals surface area contributed by atoms with E-state index in [0.717, 1.165) is 43.0 Å². The van der Waals surface area contributed by atoms with Gasteiger partial charge in [0.25, 0.3) is 5.91 Å². The molecule has 1 amide bonds. The predicted molar refractivity (Wildman–Crippen MR) is 74.8 cm³/mol. The Bertz CT molecular complexity index is 536. The molecule has 0 spiro atoms. The molecule has 0 aromatic heterocycles. The highest BCUT2D eigenvalue weighted by Crippen LogP contribution is 2.22. The van der Waals surface area contributed by atoms with E-state index in [1.54, 1.807) is 7.11 Å². The minimum Gasteiger partial charge on any atom is -0.497 e. The molecule has 0 unspecified atom stereocenters. The van der Waals surface area contributed by atoms with E-state index >= 15 is 0 Å². The average molecular weight is 274 g/mol. The highest BCUT2D eigenvalue weighted by atomic mass is 16.6. The molecule has 20 heavy (non-hydrogen) atoms. The molecule has 1 aromatic carbocycles. The third kappa shape index (κ3) is 2.48. The zero-order valence-electron chi connectivity index (χ0n) is 11.5. The number of hydrogen-bond donors (Lipinski definition) is 0. The summed E-state index contributed by atoms with van der Waals surface area (Å²) in [5, 5.41) is 4.07. The summed E-state index contributed by atoms with van der Waals surface area (Å²) < 4.78 is 5.20. The molecule has 1 saturated heterocycles. The van der Waals surface area contributed by atoms with E-state index in [4.69, 9.17) is 9.57 Å². The number of benzene rings is 1. The van der Waals surface area contributed by atoms with Crippen molar-refractivity contribution < 1.29 is 14.4 Å². The maximum atomic E-state index is 12.3. The van der Waals surface area contributed by atoms with E-state index < -0.39 is 6.10 Å². The standard InChI is InChI=1S/C15H18N2O3/c1-19-12-6-4-5-11(9-12)13-10-14(20-16-13)15(18)17-7-2-3-8-17/h4-6,9,14H,2-3,7-8,10H2,1H3/t14-/m0/s1. The van der Waals surface area contributed by atoms with Crippen LogP contribution in [0.3, 0.4) is 0 Å². The Hall–Kier alpha value is -2.04. The van der Waals surface area contributed by atoms with Crippen molar-refractivity contribution in [1.29, 1.82) is 0 Å². The Kier molecular flexibility index (Phi) is 3.58. The van der Waals surface area contributed by atoms with Crippen LogP contribution in [0.4, 0.5) is 0 Å². The van der Waals surface area contributed by atoms with Gasteiger partial charge in [0, 0.05) is 25.1 Å². The Labute approximate surface area is 118 Å². The molecule has 0 saturated carbocycles. The molecule has 2 aliphatic rings. The lowest BCUT2D eigenvalue weighted by Gasteiger charge is -2.18. The molecule has 0 aliphatic carbocycles. The second-order valence-corrected chi connectivity index (χ2v) is 5.10. The van der Waals surface area contributed by atoms with Crippen LogP contribution >= 0.6 is 0 Å². The lowest BCUT2D eigenvalue weighted by Crippen LogP contribution is -2.37. The highest BCUT2D eigenvalue weighted by Gasteiger charge is 2.33. The van der Waals surface area contributed by atoms with Crippen LogP contribution in [-0.2, 0) is 9.63 Å². The Balaban J connectivity index is 1.67. The number of carbonyl (C=O) groups excluding carboxylic acids is 1. The molecule has 1 fully saturated rings. The van der Waals surface area contributed by atoms with Crippen LogP contribution in [0.25, 0.3) is 0 Å². The molecular weight excluding hydrogens is 256 g/mol. The van der Waals surface area contributed by atoms with E-state index in [2.05, 4.69) is 5.16 Å². The van der Waals surface area contributed by atoms with Crippen molar-refractivity contribution in [2.75, 3.05) is 20.2 Å². The van der Waals surface area contributed by atoms with Crippen LogP contribution in [0.15, 0.2) is 29.4 Å². The largest absolute Gasteiger partial charge is 0.497 e. The van der Waals surface area contributed by atoms with Crippen molar-refractivity contribution in [1.82, 2.24) is 4.90 Å². The summed E-state index contributed by atoms with van der Waals surface area (Å²) in [4.78, 5) is 19.4. The van der Waals surface area contributed by atoms with Crippen LogP contribution in [0.2, 0.25) is 0 Å². The molecule has 0 radical (unpaired) electrons. The van der Waals surface area contributed by atoms with Crippen molar-refractivity contribution in [3.63, 3.8) is 0 Å². The first-order valence-corrected chi connectivity index (χ1v) is 6.94. The zero-order chi connectivity index (χ0) is 13.9. The van der Waals surface area contributed by atoms with E-state index in [1.807, 2.05) is 29.2 Å². The first kappa shape index (κ1) is 13.0. The van der Waals surface area contributed by atoms with Gasteiger partial charge < -0.3 is 14.5 Å². The van der Waals surface area contributed by atoms with Crippen molar-refractivity contribution in [2.24, 2.45) is 5.16 Å². The van der Waals surface area contributed by atoms with E-state index in [1.165, 1.54) is 0 Å². The van der Waals surface area contributed by atoms with Gasteiger partial charge in [-0.05, 0) is 25.0 Å². The molecule has 2 aliphatic heterocycles. The number of hydrogen-bond acceptors (Lipinski definition) is 4. The van der Waals surface area contributed by atoms with Gasteiger partial charge in [-0.2, -0.15) is 0 Å². The third-order valence-electron chi connectivity index (χ3n) is 3.77. The molecule has 5 heteroatoms. The van der Waals surface area contributed by atoms with Gasteiger partial charge in [0.15, 0.2) is 0 Å². The quantitative estimate of drug-likeness (QED) is 0.844. The number of rotatable bonds is 3. The van der Waals surface area contributed by atoms with Gasteiger partial charge in [0.1, 0.15) is 5.75 Å². The smallest absolute Gasteiger partial charge is 0.266 e. The molecule has 5 nitrogen and oxygen atoms in total. The van der Waals surface area contributed by atoms with Crippen molar-refractivity contribution in [3.8, 4) is 5.75 Å². The van der Waals surface area contributed by atoms with E-state index in [0.29, 0.717) is 6.42 Å². The number of likely N-dealkylation sites (tertiary alicyclic amines) is 1. The SMILES string of the molecule is COc1cccc(C2=NO[C@H](C(=O)N3CCCC3)C2)c1. The highest BCUT2D eigenvalue weighted by molar-refractivity contribution is 6.04. The summed E-state index contributed by atoms with van der Waals surface area (Å²) in [6.07, 6.45) is 2.24. The van der Waals surface area contributed by atoms with E-state index in [9.17, 15) is 4.79 Å². The molecule has 3 rings (SSSR count). The monoisotopic (exact) mass is 274 g/mol. The first-order chi connectivity index (χ1) is 9.78. The maximum absolute atomic E-state index is 12.3. The fraction of sp³-hybridized carbons (Fsp3) is 0.467. The van der Waals surface area contributed by atoms with Gasteiger partial charge in [0.2, 0.25) is 6.10 Å². The maximum Gasteiger partial charge on any atom is 0.266 e. The van der Waals surface area contributed by atoms with Crippen molar-refractivity contribution in [2.45, 2.75) is 25.4 Å². The van der Waals surface area contributed by atoms with Crippen molar-refractivity contribution >= 4 is 11.6 Å². The molecule has 1 atom stereocenters. The summed E-state index contributed by atoms with van der Waals surface area (Å²) in [5.41, 5.74) is 1.75. The summed E-state index contributed by atoms with van der Waals surface area (Å²) in [7, 11) is 1.63. The number of nitrogens with zero attached hydrogens (tertiary/aromatic N) is 2. The summed E-state index contributed by atoms with van der Waals surface area (Å²) >= 11 is 0. The third-order valence-corrected chi connectivity index (χ3v) is 3.77. The van der Waals surface area contributed by atoms with Crippen LogP contribution in [0.1, 0.15) is 24.8 Å². The predicted octanol–water partition coefficient (Wildman–Crippen LogP) is 1.81. The van der Waals surface area contributed by atoms with E-state index in [-0.39, 0.29) is 5.91 Å². The number of amides is 1. The number of ether oxygens (including phenoxy) is 1. The van der Waals surface area contributed by atoms with Gasteiger partial charge in [0.05, 0.1) is 12.8 Å². The zero-order valence-corrected chi connectivity index (χ0v) is 11.5. The van der Waals surface area contributed by atoms with Crippen LogP contribution < -0.4 is 4.74 Å². The molecule has 2 heterocycles. The lowest BCUT2D eigenvalue weighted by molar-refractivity contribution is -0.140. The number of carbonyl (C=O) groups is 1. The van der Waals surface area contributed by atoms with Crippen LogP contribution in [0.5, 0.6) is 5.75 Å². The second-order valence-electron chi connectivity index (χ2n) is 5.10. The summed E-state index contributed by atoms with van der Waals surface area (Å²) in [6, 6.07) is 7.65. The summed E-state index contributed by atoms with van der Waals surface area (Å²) in [5.74, 6) is 0.837. The van der Waals surface area contributed by atoms with Crippen LogP contribution in [0, 0.1) is 0 Å². The van der Waals surface area contributed by atoms with Crippen LogP contribution in [-0.4, -0.2) is 42.8 Å². The number of methoxy groups -OCH3 is 1. The fourth-order valence-corrected chi connectivity index (χ4v) is 2.62. The number of oxime groups is 1. The van der Waals surface area contributed by atoms with Crippen molar-refractivity contribution in [3.05, 3.63) is 29.8 Å². The normalized spacial score (nSPS) is 21.6. The minimum atomic E-state index is -0.464. The fourth-order valence-electron chi connectivity index (χ4n) is 2.62. The molecule has 0 N–H and O–H groups in total. The first-order valence-electron chi connectivity index (χ1n) is 6.94. The Morgan fingerprint density at radius 2 is 2.20 bits per heavy atom. The van der Waals surface area contributed by atoms with Gasteiger partial charge in [-0.15, -0.1) is 0 Å². The minimum absolute atomic E-state index is 0.0594. The molecule has 0 bridgehead atoms. The topological polar surface area (TPSA) is 51.1 Å². The molecular formula is C15H18N2O3. The van der Waals surface area contributed by atoms with Gasteiger partial charge in [-0.1, -0.05) is 17.3 Å². The Morgan fingerprint density at radius 1 is 1.40 bits per heavy atom. The lowest BCUT2D eigenvalue weighted by atomic mass is 10.0. The van der Waals surface area contributed by atoms with Gasteiger partial charge >= 0.3 is 0 Å². The van der Waals surface area contributed by atoms with Gasteiger partial charge in [-0.25, -0.2) is 0 Å². The molecule has 106 valence electrons. The van der Waals surface area contributed by atoms with Gasteiger partial charge in [-0.3, -0.25) is 4.79 Å². The second kappa shape index (κ2) is 5.53. The summed E-state index contributed by atoms with van der Waals surface area (Å²) in [6.45, 7) is 1.68. The molecule has 1 aromatic rings.